The number of aryl methyl sites for hydroxylation is 2. The molecule has 0 radical (unpaired) electrons. The zero-order chi connectivity index (χ0) is 17.8. The molecule has 1 aromatic heterocycles. The molecule has 2 aromatic carbocycles. The third-order valence-electron chi connectivity index (χ3n) is 3.76. The average molecular weight is 370 g/mol. The van der Waals surface area contributed by atoms with Crippen molar-refractivity contribution in [3.63, 3.8) is 0 Å². The number of nitrogens with zero attached hydrogens (tertiary/aromatic N) is 1. The van der Waals surface area contributed by atoms with Crippen LogP contribution in [-0.4, -0.2) is 21.8 Å². The van der Waals surface area contributed by atoms with E-state index in [1.54, 1.807) is 24.3 Å². The van der Waals surface area contributed by atoms with Gasteiger partial charge in [-0.25, -0.2) is 4.98 Å². The van der Waals surface area contributed by atoms with Crippen molar-refractivity contribution in [1.29, 1.82) is 0 Å². The lowest BCUT2D eigenvalue weighted by atomic mass is 10.1. The zero-order valence-electron chi connectivity index (χ0n) is 13.9. The first kappa shape index (κ1) is 17.5. The number of carbonyl (C=O) groups excluding carboxylic acids is 1. The van der Waals surface area contributed by atoms with E-state index in [1.807, 2.05) is 11.4 Å². The maximum atomic E-state index is 12.1. The van der Waals surface area contributed by atoms with Gasteiger partial charge in [0.1, 0.15) is 5.75 Å². The molecule has 0 aliphatic heterocycles. The molecule has 1 heterocycles. The Morgan fingerprint density at radius 1 is 1.16 bits per heavy atom. The molecule has 0 aliphatic carbocycles. The molecule has 6 heteroatoms. The Bertz CT molecular complexity index is 889. The number of anilines is 1. The second kappa shape index (κ2) is 7.72. The van der Waals surface area contributed by atoms with Crippen LogP contribution in [0.1, 0.15) is 11.1 Å². The average Bonchev–Trinajstić information content (AvgIpc) is 3.05. The molecule has 1 amide bonds. The van der Waals surface area contributed by atoms with Crippen LogP contribution in [0.5, 0.6) is 5.75 Å². The summed E-state index contributed by atoms with van der Waals surface area (Å²) in [6.45, 7) is 4.16. The van der Waals surface area contributed by atoms with Gasteiger partial charge in [0.2, 0.25) is 5.91 Å². The van der Waals surface area contributed by atoms with Gasteiger partial charge in [0, 0.05) is 15.8 Å². The number of thioether (sulfide) groups is 1. The maximum absolute atomic E-state index is 12.1. The maximum Gasteiger partial charge on any atom is 0.236 e. The predicted octanol–water partition coefficient (Wildman–Crippen LogP) is 4.86. The number of aromatic hydroxyl groups is 1. The van der Waals surface area contributed by atoms with Crippen LogP contribution in [0, 0.1) is 13.8 Å². The number of phenols is 1. The number of aromatic nitrogens is 1. The number of nitrogens with one attached hydrogen (secondary N) is 1. The summed E-state index contributed by atoms with van der Waals surface area (Å²) in [5.41, 5.74) is 4.40. The van der Waals surface area contributed by atoms with Gasteiger partial charge in [0.05, 0.1) is 11.4 Å². The highest BCUT2D eigenvalue weighted by atomic mass is 32.2. The van der Waals surface area contributed by atoms with Crippen LogP contribution in [-0.2, 0) is 4.79 Å². The second-order valence-electron chi connectivity index (χ2n) is 5.67. The van der Waals surface area contributed by atoms with Crippen molar-refractivity contribution in [2.75, 3.05) is 11.1 Å². The number of rotatable bonds is 5. The second-order valence-corrected chi connectivity index (χ2v) is 7.57. The van der Waals surface area contributed by atoms with Crippen molar-refractivity contribution in [3.8, 4) is 17.0 Å². The van der Waals surface area contributed by atoms with E-state index in [9.17, 15) is 9.90 Å². The number of hydrogen-bond donors (Lipinski definition) is 2. The third-order valence-corrected chi connectivity index (χ3v) is 5.53. The van der Waals surface area contributed by atoms with Gasteiger partial charge in [-0.05, 0) is 55.3 Å². The molecule has 0 unspecified atom stereocenters. The number of thiazole rings is 1. The molecule has 4 nitrogen and oxygen atoms in total. The van der Waals surface area contributed by atoms with Crippen LogP contribution in [0.25, 0.3) is 11.3 Å². The Morgan fingerprint density at radius 3 is 2.64 bits per heavy atom. The molecule has 2 N–H and O–H groups in total. The highest BCUT2D eigenvalue weighted by molar-refractivity contribution is 8.00. The first-order chi connectivity index (χ1) is 12.0. The topological polar surface area (TPSA) is 62.2 Å². The summed E-state index contributed by atoms with van der Waals surface area (Å²) < 4.78 is 0. The molecule has 0 atom stereocenters. The summed E-state index contributed by atoms with van der Waals surface area (Å²) >= 11 is 2.84. The Hall–Kier alpha value is -2.31. The molecule has 0 spiro atoms. The van der Waals surface area contributed by atoms with Crippen LogP contribution in [0.15, 0.2) is 52.7 Å². The van der Waals surface area contributed by atoms with E-state index in [2.05, 4.69) is 36.3 Å². The minimum atomic E-state index is -0.0981. The number of phenolic OH excluding ortho intramolecular Hbond substituents is 1. The molecular formula is C19H18N2O2S2. The third kappa shape index (κ3) is 4.61. The number of benzene rings is 2. The normalized spacial score (nSPS) is 10.6. The van der Waals surface area contributed by atoms with E-state index in [0.29, 0.717) is 10.9 Å². The monoisotopic (exact) mass is 370 g/mol. The molecule has 128 valence electrons. The fourth-order valence-electron chi connectivity index (χ4n) is 2.21. The van der Waals surface area contributed by atoms with Gasteiger partial charge >= 0.3 is 0 Å². The van der Waals surface area contributed by atoms with E-state index in [-0.39, 0.29) is 11.7 Å². The summed E-state index contributed by atoms with van der Waals surface area (Å²) in [6.07, 6.45) is 0. The molecule has 0 saturated heterocycles. The fraction of sp³-hybridized carbons (Fsp3) is 0.158. The summed E-state index contributed by atoms with van der Waals surface area (Å²) in [4.78, 5) is 17.5. The Labute approximate surface area is 154 Å². The summed E-state index contributed by atoms with van der Waals surface area (Å²) in [7, 11) is 0. The van der Waals surface area contributed by atoms with Crippen LogP contribution in [0.2, 0.25) is 0 Å². The molecule has 0 bridgehead atoms. The van der Waals surface area contributed by atoms with E-state index in [1.165, 1.54) is 34.2 Å². The number of carbonyl (C=O) groups is 1. The van der Waals surface area contributed by atoms with Crippen molar-refractivity contribution >= 4 is 34.1 Å². The molecule has 25 heavy (non-hydrogen) atoms. The highest BCUT2D eigenvalue weighted by Gasteiger charge is 2.09. The minimum absolute atomic E-state index is 0.0981. The van der Waals surface area contributed by atoms with Crippen LogP contribution in [0.4, 0.5) is 5.13 Å². The SMILES string of the molecule is Cc1ccc(-c2csc(NC(=O)CSc3ccc(O)cc3)n2)cc1C. The van der Waals surface area contributed by atoms with Gasteiger partial charge in [0.15, 0.2) is 5.13 Å². The van der Waals surface area contributed by atoms with E-state index in [4.69, 9.17) is 0 Å². The van der Waals surface area contributed by atoms with Crippen molar-refractivity contribution in [2.24, 2.45) is 0 Å². The molecule has 0 fully saturated rings. The first-order valence-electron chi connectivity index (χ1n) is 7.76. The molecule has 0 aliphatic rings. The fourth-order valence-corrected chi connectivity index (χ4v) is 3.65. The van der Waals surface area contributed by atoms with Gasteiger partial charge < -0.3 is 10.4 Å². The summed E-state index contributed by atoms with van der Waals surface area (Å²) in [6, 6.07) is 13.0. The van der Waals surface area contributed by atoms with Gasteiger partial charge in [0.25, 0.3) is 0 Å². The van der Waals surface area contributed by atoms with Crippen molar-refractivity contribution in [3.05, 3.63) is 59.0 Å². The Morgan fingerprint density at radius 2 is 1.92 bits per heavy atom. The van der Waals surface area contributed by atoms with Gasteiger partial charge in [-0.1, -0.05) is 12.1 Å². The lowest BCUT2D eigenvalue weighted by molar-refractivity contribution is -0.113. The van der Waals surface area contributed by atoms with Crippen LogP contribution in [0.3, 0.4) is 0 Å². The molecule has 3 aromatic rings. The molecule has 0 saturated carbocycles. The zero-order valence-corrected chi connectivity index (χ0v) is 15.6. The smallest absolute Gasteiger partial charge is 0.236 e. The van der Waals surface area contributed by atoms with Gasteiger partial charge in [-0.3, -0.25) is 4.79 Å². The molecule has 3 rings (SSSR count). The largest absolute Gasteiger partial charge is 0.508 e. The summed E-state index contributed by atoms with van der Waals surface area (Å²) in [5, 5.41) is 14.7. The lowest BCUT2D eigenvalue weighted by Crippen LogP contribution is -2.13. The quantitative estimate of drug-likeness (QED) is 0.630. The lowest BCUT2D eigenvalue weighted by Gasteiger charge is -2.03. The molecular weight excluding hydrogens is 352 g/mol. The van der Waals surface area contributed by atoms with E-state index >= 15 is 0 Å². The Balaban J connectivity index is 1.59. The van der Waals surface area contributed by atoms with Crippen molar-refractivity contribution in [2.45, 2.75) is 18.7 Å². The van der Waals surface area contributed by atoms with Crippen LogP contribution >= 0.6 is 23.1 Å². The minimum Gasteiger partial charge on any atom is -0.508 e. The predicted molar refractivity (Wildman–Crippen MR) is 104 cm³/mol. The van der Waals surface area contributed by atoms with Gasteiger partial charge in [-0.15, -0.1) is 23.1 Å². The summed E-state index contributed by atoms with van der Waals surface area (Å²) in [5.74, 6) is 0.415. The number of amides is 1. The number of hydrogen-bond acceptors (Lipinski definition) is 5. The van der Waals surface area contributed by atoms with Gasteiger partial charge in [-0.2, -0.15) is 0 Å². The Kier molecular flexibility index (Phi) is 5.40. The van der Waals surface area contributed by atoms with Crippen molar-refractivity contribution < 1.29 is 9.90 Å². The van der Waals surface area contributed by atoms with Crippen LogP contribution < -0.4 is 5.32 Å². The van der Waals surface area contributed by atoms with Crippen molar-refractivity contribution in [1.82, 2.24) is 4.98 Å². The standard InChI is InChI=1S/C19H18N2O2S2/c1-12-3-4-14(9-13(12)2)17-10-25-19(20-17)21-18(23)11-24-16-7-5-15(22)6-8-16/h3-10,22H,11H2,1-2H3,(H,20,21,23). The first-order valence-corrected chi connectivity index (χ1v) is 9.62. The van der Waals surface area contributed by atoms with E-state index in [0.717, 1.165) is 16.2 Å². The van der Waals surface area contributed by atoms with E-state index < -0.39 is 0 Å². The highest BCUT2D eigenvalue weighted by Crippen LogP contribution is 2.27.